The molecule has 0 amide bonds. The van der Waals surface area contributed by atoms with Crippen LogP contribution in [-0.4, -0.2) is 39.2 Å². The number of pyridine rings is 1. The maximum atomic E-state index is 11.0. The van der Waals surface area contributed by atoms with E-state index in [0.717, 1.165) is 0 Å². The normalized spacial score (nSPS) is 22.5. The quantitative estimate of drug-likeness (QED) is 0.847. The van der Waals surface area contributed by atoms with Gasteiger partial charge in [-0.3, -0.25) is 14.5 Å². The van der Waals surface area contributed by atoms with Gasteiger partial charge in [-0.05, 0) is 25.0 Å². The Kier molecular flexibility index (Phi) is 3.33. The Labute approximate surface area is 131 Å². The molecule has 0 radical (unpaired) electrons. The second kappa shape index (κ2) is 5.26. The fourth-order valence-corrected chi connectivity index (χ4v) is 3.25. The molecule has 23 heavy (non-hydrogen) atoms. The van der Waals surface area contributed by atoms with Gasteiger partial charge in [0.25, 0.3) is 0 Å². The van der Waals surface area contributed by atoms with Crippen molar-refractivity contribution in [3.63, 3.8) is 0 Å². The zero-order chi connectivity index (χ0) is 15.9. The van der Waals surface area contributed by atoms with E-state index in [1.54, 1.807) is 18.3 Å². The zero-order valence-corrected chi connectivity index (χ0v) is 12.4. The first kappa shape index (κ1) is 14.6. The molecule has 8 nitrogen and oxygen atoms in total. The molecule has 1 saturated carbocycles. The maximum Gasteiger partial charge on any atom is 0.439 e. The summed E-state index contributed by atoms with van der Waals surface area (Å²) in [5.41, 5.74) is 0.230. The van der Waals surface area contributed by atoms with Gasteiger partial charge in [0, 0.05) is 24.6 Å². The molecule has 2 N–H and O–H groups in total. The number of hydrogen-bond acceptors (Lipinski definition) is 7. The molecule has 3 heterocycles. The van der Waals surface area contributed by atoms with E-state index in [2.05, 4.69) is 19.6 Å². The van der Waals surface area contributed by atoms with Crippen LogP contribution in [0.4, 0.5) is 0 Å². The number of nitrogens with one attached hydrogen (secondary N) is 1. The number of aliphatic hydroxyl groups is 1. The molecule has 0 bridgehead atoms. The van der Waals surface area contributed by atoms with E-state index >= 15 is 0 Å². The van der Waals surface area contributed by atoms with Crippen molar-refractivity contribution in [2.75, 3.05) is 13.2 Å². The molecular weight excluding hydrogens is 302 g/mol. The monoisotopic (exact) mass is 319 g/mol. The van der Waals surface area contributed by atoms with Crippen molar-refractivity contribution >= 4 is 0 Å². The molecule has 0 unspecified atom stereocenters. The fourth-order valence-electron chi connectivity index (χ4n) is 3.25. The molecule has 2 fully saturated rings. The van der Waals surface area contributed by atoms with Gasteiger partial charge in [-0.15, -0.1) is 0 Å². The number of hydrogen-bond donors (Lipinski definition) is 2. The number of ether oxygens (including phenoxy) is 2. The molecule has 2 aromatic heterocycles. The molecular formula is C15H17N3O5. The largest absolute Gasteiger partial charge is 0.439 e. The van der Waals surface area contributed by atoms with E-state index < -0.39 is 17.1 Å². The van der Waals surface area contributed by atoms with Gasteiger partial charge in [0.15, 0.2) is 11.6 Å². The highest BCUT2D eigenvalue weighted by Gasteiger charge is 2.46. The number of H-pyrrole nitrogens is 1. The highest BCUT2D eigenvalue weighted by atomic mass is 16.7. The number of nitrogens with zero attached hydrogens (tertiary/aromatic N) is 2. The van der Waals surface area contributed by atoms with Crippen LogP contribution < -0.4 is 5.76 Å². The average molecular weight is 319 g/mol. The van der Waals surface area contributed by atoms with E-state index in [1.807, 2.05) is 0 Å². The van der Waals surface area contributed by atoms with Crippen LogP contribution >= 0.6 is 0 Å². The maximum absolute atomic E-state index is 11.0. The van der Waals surface area contributed by atoms with Gasteiger partial charge in [-0.25, -0.2) is 4.79 Å². The van der Waals surface area contributed by atoms with E-state index in [4.69, 9.17) is 9.47 Å². The van der Waals surface area contributed by atoms with Crippen molar-refractivity contribution in [1.29, 1.82) is 0 Å². The number of rotatable bonds is 2. The SMILES string of the molecule is O=c1[nH]c(-c2ccc(C3(O)CCC4(CC3)OCCO4)nc2)no1. The smallest absolute Gasteiger partial charge is 0.384 e. The van der Waals surface area contributed by atoms with Crippen LogP contribution in [0.1, 0.15) is 31.4 Å². The van der Waals surface area contributed by atoms with Crippen molar-refractivity contribution in [3.05, 3.63) is 34.6 Å². The van der Waals surface area contributed by atoms with Crippen molar-refractivity contribution in [2.45, 2.75) is 37.1 Å². The average Bonchev–Trinajstić information content (AvgIpc) is 3.21. The number of aromatic amines is 1. The molecule has 122 valence electrons. The molecule has 0 atom stereocenters. The van der Waals surface area contributed by atoms with Crippen molar-refractivity contribution < 1.29 is 19.1 Å². The van der Waals surface area contributed by atoms with Crippen LogP contribution in [0.5, 0.6) is 0 Å². The lowest BCUT2D eigenvalue weighted by Crippen LogP contribution is -2.42. The highest BCUT2D eigenvalue weighted by Crippen LogP contribution is 2.44. The van der Waals surface area contributed by atoms with Crippen LogP contribution in [0.3, 0.4) is 0 Å². The molecule has 2 aromatic rings. The first-order chi connectivity index (χ1) is 11.1. The van der Waals surface area contributed by atoms with Crippen molar-refractivity contribution in [1.82, 2.24) is 15.1 Å². The summed E-state index contributed by atoms with van der Waals surface area (Å²) in [5.74, 6) is -0.819. The van der Waals surface area contributed by atoms with Gasteiger partial charge in [-0.1, -0.05) is 5.16 Å². The van der Waals surface area contributed by atoms with Gasteiger partial charge < -0.3 is 14.6 Å². The van der Waals surface area contributed by atoms with Gasteiger partial charge in [0.2, 0.25) is 0 Å². The second-order valence-corrected chi connectivity index (χ2v) is 6.01. The summed E-state index contributed by atoms with van der Waals surface area (Å²) in [6.45, 7) is 1.22. The third kappa shape index (κ3) is 2.58. The summed E-state index contributed by atoms with van der Waals surface area (Å²) in [4.78, 5) is 17.8. The van der Waals surface area contributed by atoms with Crippen LogP contribution in [0.2, 0.25) is 0 Å². The lowest BCUT2D eigenvalue weighted by Gasteiger charge is -2.40. The summed E-state index contributed by atoms with van der Waals surface area (Å²) in [7, 11) is 0. The molecule has 4 rings (SSSR count). The Morgan fingerprint density at radius 3 is 2.43 bits per heavy atom. The third-order valence-electron chi connectivity index (χ3n) is 4.61. The van der Waals surface area contributed by atoms with Crippen LogP contribution in [0.25, 0.3) is 11.4 Å². The molecule has 1 spiro atoms. The predicted molar refractivity (Wildman–Crippen MR) is 77.4 cm³/mol. The molecule has 1 aliphatic heterocycles. The van der Waals surface area contributed by atoms with Gasteiger partial charge in [-0.2, -0.15) is 0 Å². The standard InChI is InChI=1S/C15H17N3O5/c19-13-17-12(18-23-13)10-1-2-11(16-9-10)14(20)3-5-15(6-4-14)21-7-8-22-15/h1-2,9,20H,3-8H2,(H,17,18,19). The summed E-state index contributed by atoms with van der Waals surface area (Å²) in [5, 5.41) is 14.5. The second-order valence-electron chi connectivity index (χ2n) is 6.01. The summed E-state index contributed by atoms with van der Waals surface area (Å²) in [6, 6.07) is 3.50. The molecule has 2 aliphatic rings. The lowest BCUT2D eigenvalue weighted by atomic mass is 9.79. The predicted octanol–water partition coefficient (Wildman–Crippen LogP) is 0.930. The van der Waals surface area contributed by atoms with Gasteiger partial charge in [0.05, 0.1) is 18.9 Å². The van der Waals surface area contributed by atoms with Crippen LogP contribution in [-0.2, 0) is 15.1 Å². The Balaban J connectivity index is 1.52. The topological polar surface area (TPSA) is 110 Å². The Morgan fingerprint density at radius 2 is 1.87 bits per heavy atom. The summed E-state index contributed by atoms with van der Waals surface area (Å²) >= 11 is 0. The lowest BCUT2D eigenvalue weighted by molar-refractivity contribution is -0.204. The Morgan fingerprint density at radius 1 is 1.13 bits per heavy atom. The first-order valence-electron chi connectivity index (χ1n) is 7.62. The summed E-state index contributed by atoms with van der Waals surface area (Å²) in [6.07, 6.45) is 3.90. The molecule has 8 heteroatoms. The van der Waals surface area contributed by atoms with E-state index in [9.17, 15) is 9.90 Å². The fraction of sp³-hybridized carbons (Fsp3) is 0.533. The van der Waals surface area contributed by atoms with Gasteiger partial charge >= 0.3 is 5.76 Å². The van der Waals surface area contributed by atoms with E-state index in [1.165, 1.54) is 0 Å². The van der Waals surface area contributed by atoms with E-state index in [0.29, 0.717) is 56.0 Å². The minimum absolute atomic E-state index is 0.316. The molecule has 1 saturated heterocycles. The van der Waals surface area contributed by atoms with Gasteiger partial charge in [0.1, 0.15) is 5.60 Å². The van der Waals surface area contributed by atoms with Crippen molar-refractivity contribution in [2.24, 2.45) is 0 Å². The first-order valence-corrected chi connectivity index (χ1v) is 7.62. The Bertz CT molecular complexity index is 735. The minimum Gasteiger partial charge on any atom is -0.384 e. The van der Waals surface area contributed by atoms with Crippen LogP contribution in [0, 0.1) is 0 Å². The third-order valence-corrected chi connectivity index (χ3v) is 4.61. The minimum atomic E-state index is -0.990. The molecule has 1 aliphatic carbocycles. The Hall–Kier alpha value is -2.03. The summed E-state index contributed by atoms with van der Waals surface area (Å²) < 4.78 is 15.8. The van der Waals surface area contributed by atoms with Crippen LogP contribution in [0.15, 0.2) is 27.6 Å². The van der Waals surface area contributed by atoms with E-state index in [-0.39, 0.29) is 0 Å². The van der Waals surface area contributed by atoms with Crippen molar-refractivity contribution in [3.8, 4) is 11.4 Å². The molecule has 0 aromatic carbocycles. The highest BCUT2D eigenvalue weighted by molar-refractivity contribution is 5.52. The number of aromatic nitrogens is 3. The zero-order valence-electron chi connectivity index (χ0n) is 12.4.